The van der Waals surface area contributed by atoms with E-state index in [2.05, 4.69) is 17.6 Å². The first-order chi connectivity index (χ1) is 13.5. The Hall–Kier alpha value is -1.79. The van der Waals surface area contributed by atoms with Crippen LogP contribution in [0.25, 0.3) is 0 Å². The van der Waals surface area contributed by atoms with Crippen LogP contribution in [-0.2, 0) is 9.59 Å². The van der Waals surface area contributed by atoms with Gasteiger partial charge in [0.25, 0.3) is 0 Å². The molecule has 2 atom stereocenters. The summed E-state index contributed by atoms with van der Waals surface area (Å²) in [4.78, 5) is 27.7. The molecule has 2 amide bonds. The molecule has 2 fully saturated rings. The number of likely N-dealkylation sites (tertiary alicyclic amines) is 1. The van der Waals surface area contributed by atoms with Crippen LogP contribution >= 0.6 is 12.4 Å². The quantitative estimate of drug-likeness (QED) is 0.735. The first kappa shape index (κ1) is 23.5. The van der Waals surface area contributed by atoms with Crippen molar-refractivity contribution in [2.75, 3.05) is 32.1 Å². The highest BCUT2D eigenvalue weighted by molar-refractivity contribution is 5.98. The second kappa shape index (κ2) is 10.8. The maximum absolute atomic E-state index is 12.9. The number of carbonyl (C=O) groups is 2. The van der Waals surface area contributed by atoms with Crippen LogP contribution in [0.5, 0.6) is 5.75 Å². The van der Waals surface area contributed by atoms with Crippen molar-refractivity contribution in [3.05, 3.63) is 23.8 Å². The lowest BCUT2D eigenvalue weighted by molar-refractivity contribution is -0.137. The molecule has 1 aromatic rings. The summed E-state index contributed by atoms with van der Waals surface area (Å²) in [6.07, 6.45) is 4.38. The molecule has 0 bridgehead atoms. The number of rotatable bonds is 6. The molecule has 0 spiro atoms. The molecule has 1 aromatic carbocycles. The summed E-state index contributed by atoms with van der Waals surface area (Å²) < 4.78 is 5.36. The van der Waals surface area contributed by atoms with Crippen molar-refractivity contribution in [1.29, 1.82) is 0 Å². The molecule has 2 N–H and O–H groups in total. The number of anilines is 1. The van der Waals surface area contributed by atoms with Crippen LogP contribution in [0, 0.1) is 18.8 Å². The first-order valence-corrected chi connectivity index (χ1v) is 10.4. The molecule has 29 heavy (non-hydrogen) atoms. The predicted octanol–water partition coefficient (Wildman–Crippen LogP) is 3.38. The summed E-state index contributed by atoms with van der Waals surface area (Å²) in [7, 11) is 1.59. The molecule has 2 saturated heterocycles. The molecule has 0 aliphatic carbocycles. The van der Waals surface area contributed by atoms with Crippen LogP contribution < -0.4 is 15.4 Å². The van der Waals surface area contributed by atoms with E-state index in [1.54, 1.807) is 12.0 Å². The fourth-order valence-corrected chi connectivity index (χ4v) is 4.45. The van der Waals surface area contributed by atoms with Gasteiger partial charge in [0, 0.05) is 13.0 Å². The van der Waals surface area contributed by atoms with Crippen LogP contribution in [0.3, 0.4) is 0 Å². The molecular weight excluding hydrogens is 390 g/mol. The van der Waals surface area contributed by atoms with Gasteiger partial charge in [0.1, 0.15) is 11.8 Å². The van der Waals surface area contributed by atoms with Crippen molar-refractivity contribution in [2.45, 2.75) is 52.0 Å². The Bertz CT molecular complexity index is 707. The zero-order chi connectivity index (χ0) is 20.1. The second-order valence-electron chi connectivity index (χ2n) is 8.21. The zero-order valence-electron chi connectivity index (χ0n) is 17.7. The fourth-order valence-electron chi connectivity index (χ4n) is 4.45. The Balaban J connectivity index is 0.00000300. The van der Waals surface area contributed by atoms with Crippen molar-refractivity contribution in [3.8, 4) is 5.75 Å². The number of ether oxygens (including phenoxy) is 1. The molecular formula is C22H34ClN3O3. The van der Waals surface area contributed by atoms with E-state index in [1.165, 1.54) is 0 Å². The van der Waals surface area contributed by atoms with E-state index in [1.807, 2.05) is 25.1 Å². The normalized spacial score (nSPS) is 20.7. The first-order valence-electron chi connectivity index (χ1n) is 10.4. The Morgan fingerprint density at radius 1 is 1.28 bits per heavy atom. The van der Waals surface area contributed by atoms with Gasteiger partial charge in [-0.3, -0.25) is 9.59 Å². The highest BCUT2D eigenvalue weighted by Gasteiger charge is 2.35. The second-order valence-corrected chi connectivity index (χ2v) is 8.21. The van der Waals surface area contributed by atoms with Gasteiger partial charge in [0.2, 0.25) is 11.8 Å². The van der Waals surface area contributed by atoms with Crippen LogP contribution in [0.1, 0.15) is 44.6 Å². The average molecular weight is 424 g/mol. The van der Waals surface area contributed by atoms with Gasteiger partial charge in [0.05, 0.1) is 12.8 Å². The van der Waals surface area contributed by atoms with Crippen molar-refractivity contribution in [3.63, 3.8) is 0 Å². The van der Waals surface area contributed by atoms with Gasteiger partial charge < -0.3 is 20.3 Å². The number of halogens is 1. The van der Waals surface area contributed by atoms with E-state index in [9.17, 15) is 9.59 Å². The lowest BCUT2D eigenvalue weighted by atomic mass is 9.84. The smallest absolute Gasteiger partial charge is 0.247 e. The van der Waals surface area contributed by atoms with Gasteiger partial charge in [-0.25, -0.2) is 0 Å². The van der Waals surface area contributed by atoms with E-state index in [0.29, 0.717) is 42.7 Å². The summed E-state index contributed by atoms with van der Waals surface area (Å²) in [6.45, 7) is 6.90. The van der Waals surface area contributed by atoms with Gasteiger partial charge >= 0.3 is 0 Å². The third kappa shape index (κ3) is 5.86. The number of benzene rings is 1. The third-order valence-electron chi connectivity index (χ3n) is 6.17. The maximum Gasteiger partial charge on any atom is 0.247 e. The van der Waals surface area contributed by atoms with Gasteiger partial charge in [-0.2, -0.15) is 0 Å². The SMILES string of the molecule is COc1ccc(C)cc1NC(=O)C1CCCN1C(=O)CC(C)C1CCNCC1.Cl. The van der Waals surface area contributed by atoms with Gasteiger partial charge in [-0.15, -0.1) is 12.4 Å². The highest BCUT2D eigenvalue weighted by atomic mass is 35.5. The molecule has 7 heteroatoms. The number of aryl methyl sites for hydroxylation is 1. The minimum atomic E-state index is -0.391. The molecule has 3 rings (SSSR count). The van der Waals surface area contributed by atoms with Crippen LogP contribution in [0.15, 0.2) is 18.2 Å². The topological polar surface area (TPSA) is 70.7 Å². The van der Waals surface area contributed by atoms with Crippen molar-refractivity contribution in [1.82, 2.24) is 10.2 Å². The Kier molecular flexibility index (Phi) is 8.78. The van der Waals surface area contributed by atoms with Crippen LogP contribution in [0.4, 0.5) is 5.69 Å². The fraction of sp³-hybridized carbons (Fsp3) is 0.636. The standard InChI is InChI=1S/C22H33N3O3.ClH/c1-15-6-7-20(28-3)18(13-15)24-22(27)19-5-4-12-25(19)21(26)14-16(2)17-8-10-23-11-9-17;/h6-7,13,16-17,19,23H,4-5,8-12,14H2,1-3H3,(H,24,27);1H. The van der Waals surface area contributed by atoms with Gasteiger partial charge in [-0.05, 0) is 75.2 Å². The summed E-state index contributed by atoms with van der Waals surface area (Å²) >= 11 is 0. The van der Waals surface area contributed by atoms with Crippen LogP contribution in [-0.4, -0.2) is 49.5 Å². The maximum atomic E-state index is 12.9. The summed E-state index contributed by atoms with van der Waals surface area (Å²) in [6, 6.07) is 5.31. The number of carbonyl (C=O) groups excluding carboxylic acids is 2. The van der Waals surface area contributed by atoms with E-state index < -0.39 is 6.04 Å². The van der Waals surface area contributed by atoms with Gasteiger partial charge in [-0.1, -0.05) is 13.0 Å². The molecule has 2 heterocycles. The number of nitrogens with zero attached hydrogens (tertiary/aromatic N) is 1. The Morgan fingerprint density at radius 3 is 2.69 bits per heavy atom. The van der Waals surface area contributed by atoms with Gasteiger partial charge in [0.15, 0.2) is 0 Å². The lowest BCUT2D eigenvalue weighted by Gasteiger charge is -2.30. The molecule has 6 nitrogen and oxygen atoms in total. The molecule has 0 saturated carbocycles. The highest BCUT2D eigenvalue weighted by Crippen LogP contribution is 2.29. The molecule has 0 radical (unpaired) electrons. The number of hydrogen-bond acceptors (Lipinski definition) is 4. The largest absolute Gasteiger partial charge is 0.495 e. The van der Waals surface area contributed by atoms with E-state index >= 15 is 0 Å². The zero-order valence-corrected chi connectivity index (χ0v) is 18.5. The van der Waals surface area contributed by atoms with Crippen molar-refractivity contribution in [2.24, 2.45) is 11.8 Å². The molecule has 0 aromatic heterocycles. The van der Waals surface area contributed by atoms with E-state index in [-0.39, 0.29) is 24.2 Å². The molecule has 2 unspecified atom stereocenters. The minimum absolute atomic E-state index is 0. The molecule has 2 aliphatic heterocycles. The van der Waals surface area contributed by atoms with E-state index in [0.717, 1.165) is 37.9 Å². The molecule has 162 valence electrons. The van der Waals surface area contributed by atoms with E-state index in [4.69, 9.17) is 4.74 Å². The Labute approximate surface area is 180 Å². The summed E-state index contributed by atoms with van der Waals surface area (Å²) in [5.41, 5.74) is 1.71. The minimum Gasteiger partial charge on any atom is -0.495 e. The number of methoxy groups -OCH3 is 1. The number of amides is 2. The summed E-state index contributed by atoms with van der Waals surface area (Å²) in [5, 5.41) is 6.36. The van der Waals surface area contributed by atoms with Crippen molar-refractivity contribution >= 4 is 29.9 Å². The number of nitrogens with one attached hydrogen (secondary N) is 2. The lowest BCUT2D eigenvalue weighted by Crippen LogP contribution is -2.44. The number of piperidine rings is 1. The Morgan fingerprint density at radius 2 is 2.00 bits per heavy atom. The summed E-state index contributed by atoms with van der Waals surface area (Å²) in [5.74, 6) is 1.57. The monoisotopic (exact) mass is 423 g/mol. The third-order valence-corrected chi connectivity index (χ3v) is 6.17. The molecule has 2 aliphatic rings. The predicted molar refractivity (Wildman–Crippen MR) is 118 cm³/mol. The average Bonchev–Trinajstić information content (AvgIpc) is 3.19. The van der Waals surface area contributed by atoms with Crippen LogP contribution in [0.2, 0.25) is 0 Å². The number of hydrogen-bond donors (Lipinski definition) is 2. The van der Waals surface area contributed by atoms with Crippen molar-refractivity contribution < 1.29 is 14.3 Å².